The summed E-state index contributed by atoms with van der Waals surface area (Å²) in [6, 6.07) is 13.1. The second-order valence-corrected chi connectivity index (χ2v) is 3.47. The van der Waals surface area contributed by atoms with Crippen LogP contribution in [-0.2, 0) is 16.5 Å². The molecule has 0 spiro atoms. The van der Waals surface area contributed by atoms with Gasteiger partial charge in [0.05, 0.1) is 0 Å². The fraction of sp³-hybridized carbons (Fsp3) is 0. The van der Waals surface area contributed by atoms with Crippen LogP contribution in [0.2, 0.25) is 0 Å². The summed E-state index contributed by atoms with van der Waals surface area (Å²) in [6.45, 7) is 0. The Kier molecular flexibility index (Phi) is 3.80. The van der Waals surface area contributed by atoms with E-state index in [1.165, 1.54) is 0 Å². The third-order valence-corrected chi connectivity index (χ3v) is 2.30. The molecule has 0 aliphatic carbocycles. The van der Waals surface area contributed by atoms with Gasteiger partial charge >= 0.3 is 0 Å². The Morgan fingerprint density at radius 1 is 0.688 bits per heavy atom. The molecule has 0 aromatic heterocycles. The van der Waals surface area contributed by atoms with Gasteiger partial charge in [0.1, 0.15) is 0 Å². The van der Waals surface area contributed by atoms with Crippen LogP contribution in [0.3, 0.4) is 0 Å². The summed E-state index contributed by atoms with van der Waals surface area (Å²) < 4.78 is 0. The number of rotatable bonds is 1. The van der Waals surface area contributed by atoms with E-state index in [4.69, 9.17) is 17.2 Å². The topological polar surface area (TPSA) is 78.1 Å². The van der Waals surface area contributed by atoms with E-state index in [1.54, 1.807) is 6.07 Å². The summed E-state index contributed by atoms with van der Waals surface area (Å²) in [6.07, 6.45) is 0. The van der Waals surface area contributed by atoms with E-state index in [2.05, 4.69) is 0 Å². The van der Waals surface area contributed by atoms with Gasteiger partial charge in [-0.25, -0.2) is 0 Å². The van der Waals surface area contributed by atoms with Gasteiger partial charge in [0.25, 0.3) is 0 Å². The molecule has 6 N–H and O–H groups in total. The molecule has 4 heteroatoms. The van der Waals surface area contributed by atoms with Crippen LogP contribution in [0.5, 0.6) is 0 Å². The van der Waals surface area contributed by atoms with Crippen LogP contribution in [0.4, 0.5) is 17.1 Å². The molecule has 2 aromatic rings. The summed E-state index contributed by atoms with van der Waals surface area (Å²) in [5.74, 6) is 0. The molecule has 0 aliphatic rings. The molecule has 0 unspecified atom stereocenters. The van der Waals surface area contributed by atoms with Crippen molar-refractivity contribution in [3.8, 4) is 11.1 Å². The third kappa shape index (κ3) is 2.47. The first kappa shape index (κ1) is 12.4. The summed E-state index contributed by atoms with van der Waals surface area (Å²) in [7, 11) is 0. The summed E-state index contributed by atoms with van der Waals surface area (Å²) in [5.41, 5.74) is 21.2. The number of benzene rings is 2. The molecule has 0 aliphatic heterocycles. The van der Waals surface area contributed by atoms with Crippen molar-refractivity contribution in [2.24, 2.45) is 0 Å². The van der Waals surface area contributed by atoms with E-state index in [9.17, 15) is 0 Å². The van der Waals surface area contributed by atoms with Crippen LogP contribution in [0, 0.1) is 0 Å². The van der Waals surface area contributed by atoms with Gasteiger partial charge < -0.3 is 17.2 Å². The zero-order chi connectivity index (χ0) is 10.8. The van der Waals surface area contributed by atoms with Crippen LogP contribution in [0.25, 0.3) is 11.1 Å². The van der Waals surface area contributed by atoms with Crippen LogP contribution in [-0.4, -0.2) is 0 Å². The average molecular weight is 258 g/mol. The van der Waals surface area contributed by atoms with E-state index in [-0.39, 0.29) is 16.5 Å². The number of hydrogen-bond acceptors (Lipinski definition) is 3. The first-order valence-corrected chi connectivity index (χ1v) is 4.68. The quantitative estimate of drug-likeness (QED) is 0.541. The maximum Gasteiger partial charge on any atom is 0.0414 e. The first-order valence-electron chi connectivity index (χ1n) is 4.68. The molecule has 2 aromatic carbocycles. The Morgan fingerprint density at radius 2 is 1.25 bits per heavy atom. The van der Waals surface area contributed by atoms with Crippen molar-refractivity contribution in [2.75, 3.05) is 17.2 Å². The standard InChI is InChI=1S/C12H13N3.Ni/c13-9-3-1-8(2-4-9)11-6-5-10(14)7-12(11)15;/h1-7H,13-15H2;. The minimum Gasteiger partial charge on any atom is -0.399 e. The van der Waals surface area contributed by atoms with Gasteiger partial charge in [-0.2, -0.15) is 0 Å². The van der Waals surface area contributed by atoms with Gasteiger partial charge in [0.2, 0.25) is 0 Å². The number of anilines is 3. The minimum absolute atomic E-state index is 0. The number of nitrogen functional groups attached to an aromatic ring is 3. The molecule has 0 fully saturated rings. The third-order valence-electron chi connectivity index (χ3n) is 2.30. The van der Waals surface area contributed by atoms with Crippen molar-refractivity contribution in [1.82, 2.24) is 0 Å². The van der Waals surface area contributed by atoms with Crippen molar-refractivity contribution in [1.29, 1.82) is 0 Å². The van der Waals surface area contributed by atoms with Crippen molar-refractivity contribution in [3.63, 3.8) is 0 Å². The Bertz CT molecular complexity index is 480. The minimum atomic E-state index is 0. The molecule has 0 bridgehead atoms. The molecule has 0 atom stereocenters. The van der Waals surface area contributed by atoms with E-state index in [0.717, 1.165) is 16.8 Å². The predicted octanol–water partition coefficient (Wildman–Crippen LogP) is 2.10. The van der Waals surface area contributed by atoms with Gasteiger partial charge in [0, 0.05) is 39.1 Å². The second kappa shape index (κ2) is 4.91. The maximum absolute atomic E-state index is 5.88. The average Bonchev–Trinajstić information content (AvgIpc) is 2.20. The van der Waals surface area contributed by atoms with E-state index < -0.39 is 0 Å². The van der Waals surface area contributed by atoms with Crippen LogP contribution in [0.1, 0.15) is 0 Å². The Balaban J connectivity index is 0.00000128. The zero-order valence-corrected chi connectivity index (χ0v) is 9.58. The normalized spacial score (nSPS) is 9.50. The molecular formula is C12H13N3Ni. The molecule has 2 rings (SSSR count). The van der Waals surface area contributed by atoms with Crippen molar-refractivity contribution >= 4 is 17.1 Å². The molecule has 16 heavy (non-hydrogen) atoms. The van der Waals surface area contributed by atoms with E-state index in [0.29, 0.717) is 11.4 Å². The van der Waals surface area contributed by atoms with Crippen LogP contribution in [0.15, 0.2) is 42.5 Å². The fourth-order valence-electron chi connectivity index (χ4n) is 1.51. The number of nitrogens with two attached hydrogens (primary N) is 3. The van der Waals surface area contributed by atoms with Gasteiger partial charge in [-0.15, -0.1) is 0 Å². The predicted molar refractivity (Wildman–Crippen MR) is 65.1 cm³/mol. The monoisotopic (exact) mass is 257 g/mol. The maximum atomic E-state index is 5.88. The van der Waals surface area contributed by atoms with Crippen molar-refractivity contribution in [2.45, 2.75) is 0 Å². The summed E-state index contributed by atoms with van der Waals surface area (Å²) in [4.78, 5) is 0. The Labute approximate surface area is 105 Å². The molecule has 0 heterocycles. The molecule has 0 saturated carbocycles. The van der Waals surface area contributed by atoms with Gasteiger partial charge in [-0.3, -0.25) is 0 Å². The molecule has 0 amide bonds. The SMILES string of the molecule is Nc1ccc(-c2ccc(N)cc2N)cc1.[Ni]. The number of hydrogen-bond donors (Lipinski definition) is 3. The molecule has 0 saturated heterocycles. The molecule has 0 radical (unpaired) electrons. The van der Waals surface area contributed by atoms with Gasteiger partial charge in [-0.1, -0.05) is 18.2 Å². The first-order chi connectivity index (χ1) is 7.16. The van der Waals surface area contributed by atoms with Crippen LogP contribution >= 0.6 is 0 Å². The van der Waals surface area contributed by atoms with Crippen molar-refractivity contribution in [3.05, 3.63) is 42.5 Å². The smallest absolute Gasteiger partial charge is 0.0414 e. The molecule has 3 nitrogen and oxygen atoms in total. The largest absolute Gasteiger partial charge is 0.399 e. The van der Waals surface area contributed by atoms with Gasteiger partial charge in [0.15, 0.2) is 0 Å². The van der Waals surface area contributed by atoms with Gasteiger partial charge in [-0.05, 0) is 29.8 Å². The van der Waals surface area contributed by atoms with Crippen LogP contribution < -0.4 is 17.2 Å². The second-order valence-electron chi connectivity index (χ2n) is 3.47. The zero-order valence-electron chi connectivity index (χ0n) is 8.59. The van der Waals surface area contributed by atoms with E-state index >= 15 is 0 Å². The van der Waals surface area contributed by atoms with Crippen molar-refractivity contribution < 1.29 is 16.5 Å². The Hall–Kier alpha value is -1.67. The summed E-state index contributed by atoms with van der Waals surface area (Å²) in [5, 5.41) is 0. The summed E-state index contributed by atoms with van der Waals surface area (Å²) >= 11 is 0. The molecule has 86 valence electrons. The molecular weight excluding hydrogens is 245 g/mol. The Morgan fingerprint density at radius 3 is 1.81 bits per heavy atom. The fourth-order valence-corrected chi connectivity index (χ4v) is 1.51. The van der Waals surface area contributed by atoms with E-state index in [1.807, 2.05) is 36.4 Å².